The average molecular weight is 542 g/mol. The van der Waals surface area contributed by atoms with E-state index in [1.54, 1.807) is 14.2 Å². The number of rotatable bonds is 3. The van der Waals surface area contributed by atoms with Crippen LogP contribution in [-0.2, 0) is 32.0 Å². The number of carbonyl (C=O) groups is 3. The molecule has 5 rings (SSSR count). The summed E-state index contributed by atoms with van der Waals surface area (Å²) in [5.41, 5.74) is 2.08. The minimum absolute atomic E-state index is 0.0375. The van der Waals surface area contributed by atoms with Gasteiger partial charge in [-0.15, -0.1) is 0 Å². The molecule has 4 atom stereocenters. The second kappa shape index (κ2) is 12.6. The number of hydrogen-bond donors (Lipinski definition) is 1. The second-order valence-corrected chi connectivity index (χ2v) is 11.6. The summed E-state index contributed by atoms with van der Waals surface area (Å²) in [6.45, 7) is 3.28. The summed E-state index contributed by atoms with van der Waals surface area (Å²) >= 11 is 0. The van der Waals surface area contributed by atoms with Gasteiger partial charge in [0.1, 0.15) is 6.10 Å². The van der Waals surface area contributed by atoms with Gasteiger partial charge >= 0.3 is 0 Å². The number of nitrogens with one attached hydrogen (secondary N) is 1. The highest BCUT2D eigenvalue weighted by Gasteiger charge is 2.44. The lowest BCUT2D eigenvalue weighted by Crippen LogP contribution is -2.61. The molecule has 0 aromatic heterocycles. The molecule has 0 radical (unpaired) electrons. The minimum Gasteiger partial charge on any atom is -0.493 e. The van der Waals surface area contributed by atoms with Gasteiger partial charge in [0.25, 0.3) is 5.91 Å². The number of benzene rings is 1. The molecule has 4 aliphatic rings. The Labute approximate surface area is 231 Å². The highest BCUT2D eigenvalue weighted by molar-refractivity contribution is 5.81. The van der Waals surface area contributed by atoms with E-state index in [0.717, 1.165) is 56.1 Å². The Balaban J connectivity index is 1.35. The lowest BCUT2D eigenvalue weighted by Gasteiger charge is -2.51. The van der Waals surface area contributed by atoms with Crippen molar-refractivity contribution < 1.29 is 28.6 Å². The summed E-state index contributed by atoms with van der Waals surface area (Å²) in [7, 11) is 3.27. The fourth-order valence-corrected chi connectivity index (χ4v) is 7.06. The zero-order valence-corrected chi connectivity index (χ0v) is 23.4. The quantitative estimate of drug-likeness (QED) is 0.632. The van der Waals surface area contributed by atoms with E-state index in [0.29, 0.717) is 63.5 Å². The lowest BCUT2D eigenvalue weighted by molar-refractivity contribution is -0.151. The van der Waals surface area contributed by atoms with Crippen LogP contribution >= 0.6 is 0 Å². The van der Waals surface area contributed by atoms with Crippen LogP contribution in [-0.4, -0.2) is 86.7 Å². The van der Waals surface area contributed by atoms with Crippen LogP contribution in [0.1, 0.15) is 62.5 Å². The topological polar surface area (TPSA) is 97.4 Å². The smallest absolute Gasteiger partial charge is 0.251 e. The van der Waals surface area contributed by atoms with Gasteiger partial charge in [-0.1, -0.05) is 6.07 Å². The lowest BCUT2D eigenvalue weighted by atomic mass is 9.77. The Hall–Kier alpha value is -2.81. The van der Waals surface area contributed by atoms with Crippen molar-refractivity contribution in [1.82, 2.24) is 15.1 Å². The standard InChI is InChI=1S/C30H43N3O6/c1-37-26-16-20-10-11-28(35)33-18-21-15-23(19-32(17-21)30(36)25-8-5-13-39-25)24(33)7-3-9-27(34)31-12-4-6-22(14-20)29(26)38-2/h14,16,21,23-25H,3-13,15,17-19H2,1-2H3,(H,31,34)/t21-,23-,24-,25+/m0/s1. The third-order valence-corrected chi connectivity index (χ3v) is 8.90. The number of amides is 3. The zero-order valence-electron chi connectivity index (χ0n) is 23.4. The van der Waals surface area contributed by atoms with Crippen molar-refractivity contribution in [2.45, 2.75) is 76.4 Å². The Morgan fingerprint density at radius 3 is 2.62 bits per heavy atom. The van der Waals surface area contributed by atoms with Crippen LogP contribution in [0.3, 0.4) is 0 Å². The van der Waals surface area contributed by atoms with Crippen molar-refractivity contribution in [1.29, 1.82) is 0 Å². The SMILES string of the molecule is COc1cc2cc(c1OC)CCCNC(=O)CCC[C@H]1[C@H]3C[C@@H](CN(C(=O)[C@H]4CCCO4)C3)CN1C(=O)CC2. The Kier molecular flexibility index (Phi) is 8.95. The number of likely N-dealkylation sites (tertiary alicyclic amines) is 1. The van der Waals surface area contributed by atoms with Crippen LogP contribution in [0.15, 0.2) is 12.1 Å². The van der Waals surface area contributed by atoms with Gasteiger partial charge in [-0.05, 0) is 80.4 Å². The first-order valence-electron chi connectivity index (χ1n) is 14.7. The van der Waals surface area contributed by atoms with Crippen LogP contribution in [0.4, 0.5) is 0 Å². The maximum Gasteiger partial charge on any atom is 0.251 e. The van der Waals surface area contributed by atoms with E-state index in [4.69, 9.17) is 14.2 Å². The largest absolute Gasteiger partial charge is 0.493 e. The number of fused-ring (bicyclic) bond motifs is 6. The molecular formula is C30H43N3O6. The third-order valence-electron chi connectivity index (χ3n) is 8.90. The molecule has 0 unspecified atom stereocenters. The van der Waals surface area contributed by atoms with Crippen molar-refractivity contribution in [3.05, 3.63) is 23.3 Å². The number of nitrogens with zero attached hydrogens (tertiary/aromatic N) is 2. The molecule has 4 heterocycles. The van der Waals surface area contributed by atoms with Crippen LogP contribution < -0.4 is 14.8 Å². The van der Waals surface area contributed by atoms with E-state index in [9.17, 15) is 14.4 Å². The van der Waals surface area contributed by atoms with Crippen LogP contribution in [0, 0.1) is 11.8 Å². The molecule has 0 aliphatic carbocycles. The summed E-state index contributed by atoms with van der Waals surface area (Å²) < 4.78 is 16.9. The summed E-state index contributed by atoms with van der Waals surface area (Å²) in [6.07, 6.45) is 6.99. The maximum atomic E-state index is 13.7. The minimum atomic E-state index is -0.311. The number of methoxy groups -OCH3 is 2. The van der Waals surface area contributed by atoms with E-state index in [1.807, 2.05) is 11.0 Å². The molecule has 4 bridgehead atoms. The van der Waals surface area contributed by atoms with Crippen molar-refractivity contribution in [3.63, 3.8) is 0 Å². The summed E-state index contributed by atoms with van der Waals surface area (Å²) in [6, 6.07) is 4.12. The molecule has 0 saturated carbocycles. The van der Waals surface area contributed by atoms with Gasteiger partial charge in [0.2, 0.25) is 11.8 Å². The van der Waals surface area contributed by atoms with Crippen LogP contribution in [0.25, 0.3) is 0 Å². The molecule has 9 nitrogen and oxygen atoms in total. The normalized spacial score (nSPS) is 28.5. The van der Waals surface area contributed by atoms with E-state index >= 15 is 0 Å². The number of ether oxygens (including phenoxy) is 3. The van der Waals surface area contributed by atoms with Crippen LogP contribution in [0.2, 0.25) is 0 Å². The first kappa shape index (κ1) is 27.7. The molecule has 1 aromatic carbocycles. The summed E-state index contributed by atoms with van der Waals surface area (Å²) in [4.78, 5) is 43.6. The second-order valence-electron chi connectivity index (χ2n) is 11.6. The third kappa shape index (κ3) is 6.34. The molecule has 0 spiro atoms. The number of hydrogen-bond acceptors (Lipinski definition) is 6. The van der Waals surface area contributed by atoms with Crippen molar-refractivity contribution in [2.75, 3.05) is 47.0 Å². The highest BCUT2D eigenvalue weighted by Crippen LogP contribution is 2.37. The number of aryl methyl sites for hydroxylation is 2. The Bertz CT molecular complexity index is 1060. The van der Waals surface area contributed by atoms with Gasteiger partial charge < -0.3 is 29.3 Å². The predicted molar refractivity (Wildman–Crippen MR) is 146 cm³/mol. The van der Waals surface area contributed by atoms with E-state index in [-0.39, 0.29) is 41.7 Å². The molecule has 4 aliphatic heterocycles. The van der Waals surface area contributed by atoms with Crippen LogP contribution in [0.5, 0.6) is 11.5 Å². The Morgan fingerprint density at radius 1 is 0.974 bits per heavy atom. The van der Waals surface area contributed by atoms with Gasteiger partial charge in [0.05, 0.1) is 14.2 Å². The summed E-state index contributed by atoms with van der Waals surface area (Å²) in [5.74, 6) is 2.19. The maximum absolute atomic E-state index is 13.7. The van der Waals surface area contributed by atoms with Crippen molar-refractivity contribution in [3.8, 4) is 11.5 Å². The van der Waals surface area contributed by atoms with E-state index in [2.05, 4.69) is 16.3 Å². The van der Waals surface area contributed by atoms with Gasteiger partial charge in [-0.25, -0.2) is 0 Å². The molecule has 3 fully saturated rings. The molecular weight excluding hydrogens is 498 g/mol. The molecule has 39 heavy (non-hydrogen) atoms. The molecule has 214 valence electrons. The molecule has 1 aromatic rings. The molecule has 3 amide bonds. The molecule has 1 N–H and O–H groups in total. The number of carbonyl (C=O) groups excluding carboxylic acids is 3. The molecule has 3 saturated heterocycles. The monoisotopic (exact) mass is 541 g/mol. The van der Waals surface area contributed by atoms with E-state index < -0.39 is 0 Å². The average Bonchev–Trinajstić information content (AvgIpc) is 3.48. The van der Waals surface area contributed by atoms with Gasteiger partial charge in [0.15, 0.2) is 11.5 Å². The fourth-order valence-electron chi connectivity index (χ4n) is 7.06. The zero-order chi connectivity index (χ0) is 27.4. The van der Waals surface area contributed by atoms with Gasteiger partial charge in [0, 0.05) is 51.7 Å². The van der Waals surface area contributed by atoms with Gasteiger partial charge in [-0.2, -0.15) is 0 Å². The predicted octanol–water partition coefficient (Wildman–Crippen LogP) is 2.72. The summed E-state index contributed by atoms with van der Waals surface area (Å²) in [5, 5.41) is 3.06. The van der Waals surface area contributed by atoms with Crippen molar-refractivity contribution in [2.24, 2.45) is 11.8 Å². The van der Waals surface area contributed by atoms with Crippen molar-refractivity contribution >= 4 is 17.7 Å². The fraction of sp³-hybridized carbons (Fsp3) is 0.700. The van der Waals surface area contributed by atoms with E-state index in [1.165, 1.54) is 0 Å². The molecule has 9 heteroatoms. The first-order chi connectivity index (χ1) is 19.0. The number of piperidine rings is 2. The highest BCUT2D eigenvalue weighted by atomic mass is 16.5. The van der Waals surface area contributed by atoms with Gasteiger partial charge in [-0.3, -0.25) is 14.4 Å². The first-order valence-corrected chi connectivity index (χ1v) is 14.7. The Morgan fingerprint density at radius 2 is 1.85 bits per heavy atom.